The molecule has 22 heavy (non-hydrogen) atoms. The topological polar surface area (TPSA) is 59.6 Å². The van der Waals surface area contributed by atoms with E-state index in [4.69, 9.17) is 9.47 Å². The number of carbonyl (C=O) groups is 1. The number of ether oxygens (including phenoxy) is 2. The minimum atomic E-state index is -0.113. The van der Waals surface area contributed by atoms with Crippen LogP contribution < -0.4 is 15.4 Å². The Kier molecular flexibility index (Phi) is 6.52. The number of methoxy groups -OCH3 is 1. The fraction of sp³-hybridized carbons (Fsp3) is 0.588. The maximum Gasteiger partial charge on any atom is 0.315 e. The molecule has 0 bridgehead atoms. The van der Waals surface area contributed by atoms with E-state index in [2.05, 4.69) is 22.8 Å². The Morgan fingerprint density at radius 2 is 2.18 bits per heavy atom. The molecule has 5 nitrogen and oxygen atoms in total. The fourth-order valence-corrected chi connectivity index (χ4v) is 2.63. The van der Waals surface area contributed by atoms with Crippen molar-refractivity contribution in [3.05, 3.63) is 29.8 Å². The Morgan fingerprint density at radius 1 is 1.41 bits per heavy atom. The molecule has 122 valence electrons. The standard InChI is InChI=1S/C17H26N2O3/c1-13(16-6-4-12-22-16)19-17(20)18-11-3-5-14-7-9-15(21-2)10-8-14/h7-10,13,16H,3-6,11-12H2,1-2H3,(H2,18,19,20)/t13-,16-/m1/s1. The Labute approximate surface area is 132 Å². The molecule has 2 rings (SSSR count). The minimum absolute atomic E-state index is 0.0593. The second kappa shape index (κ2) is 8.63. The Hall–Kier alpha value is -1.75. The average Bonchev–Trinajstić information content (AvgIpc) is 3.06. The van der Waals surface area contributed by atoms with E-state index in [-0.39, 0.29) is 18.2 Å². The summed E-state index contributed by atoms with van der Waals surface area (Å²) >= 11 is 0. The first-order valence-electron chi connectivity index (χ1n) is 7.98. The maximum atomic E-state index is 11.8. The number of urea groups is 1. The highest BCUT2D eigenvalue weighted by atomic mass is 16.5. The van der Waals surface area contributed by atoms with Gasteiger partial charge in [-0.25, -0.2) is 4.79 Å². The summed E-state index contributed by atoms with van der Waals surface area (Å²) < 4.78 is 10.7. The Balaban J connectivity index is 1.60. The molecule has 1 fully saturated rings. The van der Waals surface area contributed by atoms with Crippen molar-refractivity contribution in [2.24, 2.45) is 0 Å². The zero-order chi connectivity index (χ0) is 15.8. The number of nitrogens with one attached hydrogen (secondary N) is 2. The number of carbonyl (C=O) groups excluding carboxylic acids is 1. The van der Waals surface area contributed by atoms with E-state index < -0.39 is 0 Å². The highest BCUT2D eigenvalue weighted by molar-refractivity contribution is 5.74. The van der Waals surface area contributed by atoms with Gasteiger partial charge >= 0.3 is 6.03 Å². The highest BCUT2D eigenvalue weighted by Crippen LogP contribution is 2.15. The van der Waals surface area contributed by atoms with Crippen LogP contribution in [0.25, 0.3) is 0 Å². The van der Waals surface area contributed by atoms with Crippen LogP contribution >= 0.6 is 0 Å². The summed E-state index contributed by atoms with van der Waals surface area (Å²) in [5.41, 5.74) is 1.25. The van der Waals surface area contributed by atoms with E-state index in [1.165, 1.54) is 5.56 Å². The molecule has 1 saturated heterocycles. The van der Waals surface area contributed by atoms with Crippen LogP contribution in [-0.2, 0) is 11.2 Å². The number of amides is 2. The molecule has 5 heteroatoms. The lowest BCUT2D eigenvalue weighted by Crippen LogP contribution is -2.46. The van der Waals surface area contributed by atoms with Gasteiger partial charge in [0.2, 0.25) is 0 Å². The van der Waals surface area contributed by atoms with Gasteiger partial charge < -0.3 is 20.1 Å². The molecular formula is C17H26N2O3. The number of benzene rings is 1. The van der Waals surface area contributed by atoms with Crippen molar-refractivity contribution in [1.29, 1.82) is 0 Å². The van der Waals surface area contributed by atoms with Gasteiger partial charge in [0.25, 0.3) is 0 Å². The van der Waals surface area contributed by atoms with Crippen LogP contribution in [0.3, 0.4) is 0 Å². The molecule has 1 aliphatic rings. The zero-order valence-electron chi connectivity index (χ0n) is 13.4. The lowest BCUT2D eigenvalue weighted by molar-refractivity contribution is 0.0860. The zero-order valence-corrected chi connectivity index (χ0v) is 13.4. The van der Waals surface area contributed by atoms with Crippen LogP contribution in [0, 0.1) is 0 Å². The molecule has 0 spiro atoms. The van der Waals surface area contributed by atoms with Crippen LogP contribution in [0.1, 0.15) is 31.7 Å². The third kappa shape index (κ3) is 5.22. The molecule has 0 aliphatic carbocycles. The molecule has 0 saturated carbocycles. The molecule has 2 amide bonds. The molecule has 0 aromatic heterocycles. The summed E-state index contributed by atoms with van der Waals surface area (Å²) in [4.78, 5) is 11.8. The number of hydrogen-bond donors (Lipinski definition) is 2. The van der Waals surface area contributed by atoms with Crippen molar-refractivity contribution < 1.29 is 14.3 Å². The largest absolute Gasteiger partial charge is 0.497 e. The summed E-state index contributed by atoms with van der Waals surface area (Å²) in [5, 5.41) is 5.84. The van der Waals surface area contributed by atoms with Crippen molar-refractivity contribution in [3.63, 3.8) is 0 Å². The number of rotatable bonds is 7. The van der Waals surface area contributed by atoms with Crippen LogP contribution in [-0.4, -0.2) is 38.4 Å². The van der Waals surface area contributed by atoms with Gasteiger partial charge in [-0.05, 0) is 50.3 Å². The van der Waals surface area contributed by atoms with E-state index in [0.717, 1.165) is 38.0 Å². The smallest absolute Gasteiger partial charge is 0.315 e. The summed E-state index contributed by atoms with van der Waals surface area (Å²) in [6.07, 6.45) is 4.11. The molecule has 0 unspecified atom stereocenters. The third-order valence-electron chi connectivity index (χ3n) is 3.97. The predicted octanol–water partition coefficient (Wildman–Crippen LogP) is 2.49. The SMILES string of the molecule is COc1ccc(CCCNC(=O)N[C@H](C)[C@H]2CCCO2)cc1. The van der Waals surface area contributed by atoms with Gasteiger partial charge in [0, 0.05) is 13.2 Å². The molecule has 1 aromatic rings. The van der Waals surface area contributed by atoms with Gasteiger partial charge in [0.1, 0.15) is 5.75 Å². The van der Waals surface area contributed by atoms with Crippen LogP contribution in [0.2, 0.25) is 0 Å². The molecular weight excluding hydrogens is 280 g/mol. The Bertz CT molecular complexity index is 455. The maximum absolute atomic E-state index is 11.8. The van der Waals surface area contributed by atoms with E-state index in [0.29, 0.717) is 6.54 Å². The van der Waals surface area contributed by atoms with Gasteiger partial charge in [-0.3, -0.25) is 0 Å². The number of aryl methyl sites for hydroxylation is 1. The Morgan fingerprint density at radius 3 is 2.82 bits per heavy atom. The quantitative estimate of drug-likeness (QED) is 0.761. The van der Waals surface area contributed by atoms with E-state index in [1.807, 2.05) is 19.1 Å². The molecule has 1 heterocycles. The van der Waals surface area contributed by atoms with Crippen molar-refractivity contribution in [2.45, 2.75) is 44.8 Å². The van der Waals surface area contributed by atoms with Gasteiger partial charge in [-0.1, -0.05) is 12.1 Å². The van der Waals surface area contributed by atoms with E-state index >= 15 is 0 Å². The van der Waals surface area contributed by atoms with Crippen LogP contribution in [0.5, 0.6) is 5.75 Å². The van der Waals surface area contributed by atoms with Gasteiger partial charge in [0.15, 0.2) is 0 Å². The first-order valence-corrected chi connectivity index (χ1v) is 7.98. The van der Waals surface area contributed by atoms with Gasteiger partial charge in [0.05, 0.1) is 19.3 Å². The first-order chi connectivity index (χ1) is 10.7. The van der Waals surface area contributed by atoms with E-state index in [1.54, 1.807) is 7.11 Å². The van der Waals surface area contributed by atoms with Crippen LogP contribution in [0.15, 0.2) is 24.3 Å². The second-order valence-corrected chi connectivity index (χ2v) is 5.69. The van der Waals surface area contributed by atoms with E-state index in [9.17, 15) is 4.79 Å². The molecule has 2 atom stereocenters. The summed E-state index contributed by atoms with van der Waals surface area (Å²) in [6, 6.07) is 7.97. The molecule has 1 aliphatic heterocycles. The summed E-state index contributed by atoms with van der Waals surface area (Å²) in [7, 11) is 1.66. The monoisotopic (exact) mass is 306 g/mol. The molecule has 0 radical (unpaired) electrons. The second-order valence-electron chi connectivity index (χ2n) is 5.69. The minimum Gasteiger partial charge on any atom is -0.497 e. The van der Waals surface area contributed by atoms with Crippen molar-refractivity contribution in [3.8, 4) is 5.75 Å². The predicted molar refractivity (Wildman–Crippen MR) is 86.3 cm³/mol. The van der Waals surface area contributed by atoms with Crippen molar-refractivity contribution in [1.82, 2.24) is 10.6 Å². The first kappa shape index (κ1) is 16.6. The highest BCUT2D eigenvalue weighted by Gasteiger charge is 2.23. The lowest BCUT2D eigenvalue weighted by Gasteiger charge is -2.20. The summed E-state index contributed by atoms with van der Waals surface area (Å²) in [5.74, 6) is 0.865. The lowest BCUT2D eigenvalue weighted by atomic mass is 10.1. The van der Waals surface area contributed by atoms with Crippen LogP contribution in [0.4, 0.5) is 4.79 Å². The number of hydrogen-bond acceptors (Lipinski definition) is 3. The third-order valence-corrected chi connectivity index (χ3v) is 3.97. The van der Waals surface area contributed by atoms with Crippen molar-refractivity contribution >= 4 is 6.03 Å². The molecule has 2 N–H and O–H groups in total. The normalized spacial score (nSPS) is 18.7. The van der Waals surface area contributed by atoms with Crippen molar-refractivity contribution in [2.75, 3.05) is 20.3 Å². The molecule has 1 aromatic carbocycles. The average molecular weight is 306 g/mol. The van der Waals surface area contributed by atoms with Gasteiger partial charge in [-0.15, -0.1) is 0 Å². The van der Waals surface area contributed by atoms with Gasteiger partial charge in [-0.2, -0.15) is 0 Å². The summed E-state index contributed by atoms with van der Waals surface area (Å²) in [6.45, 7) is 3.46. The fourth-order valence-electron chi connectivity index (χ4n) is 2.63.